The van der Waals surface area contributed by atoms with E-state index in [2.05, 4.69) is 62.1 Å². The Morgan fingerprint density at radius 2 is 1.18 bits per heavy atom. The molecular formula is C9H22IN. The second-order valence-electron chi connectivity index (χ2n) is 2.63. The fourth-order valence-corrected chi connectivity index (χ4v) is 0.671. The summed E-state index contributed by atoms with van der Waals surface area (Å²) < 4.78 is 0.803. The molecule has 0 unspecified atom stereocenters. The van der Waals surface area contributed by atoms with Crippen molar-refractivity contribution in [1.29, 1.82) is 0 Å². The Morgan fingerprint density at radius 1 is 1.00 bits per heavy atom. The summed E-state index contributed by atoms with van der Waals surface area (Å²) in [5, 5.41) is 0. The molecule has 70 valence electrons. The largest absolute Gasteiger partial charge is 0.304 e. The van der Waals surface area contributed by atoms with Crippen LogP contribution in [0.3, 0.4) is 0 Å². The summed E-state index contributed by atoms with van der Waals surface area (Å²) in [6, 6.07) is 0. The van der Waals surface area contributed by atoms with Gasteiger partial charge in [0.2, 0.25) is 0 Å². The Morgan fingerprint density at radius 3 is 1.18 bits per heavy atom. The molecule has 0 aliphatic heterocycles. The number of alkyl halides is 1. The lowest BCUT2D eigenvalue weighted by Gasteiger charge is -2.13. The summed E-state index contributed by atoms with van der Waals surface area (Å²) in [4.78, 5) is 2.38. The van der Waals surface area contributed by atoms with E-state index in [0.717, 1.165) is 3.92 Å². The SMILES string of the molecule is CC(C)I.CCN(CC)CC. The molecule has 0 bridgehead atoms. The average Bonchev–Trinajstić information content (AvgIpc) is 1.90. The molecule has 0 aromatic carbocycles. The molecule has 0 aliphatic carbocycles. The van der Waals surface area contributed by atoms with Gasteiger partial charge in [0.25, 0.3) is 0 Å². The Bertz CT molecular complexity index is 52.3. The van der Waals surface area contributed by atoms with Gasteiger partial charge in [-0.25, -0.2) is 0 Å². The number of rotatable bonds is 3. The minimum Gasteiger partial charge on any atom is -0.304 e. The highest BCUT2D eigenvalue weighted by Crippen LogP contribution is 1.91. The first kappa shape index (κ1) is 14.2. The first-order valence-electron chi connectivity index (χ1n) is 4.44. The average molecular weight is 271 g/mol. The van der Waals surface area contributed by atoms with Crippen LogP contribution in [0.25, 0.3) is 0 Å². The number of nitrogens with zero attached hydrogens (tertiary/aromatic N) is 1. The van der Waals surface area contributed by atoms with E-state index in [9.17, 15) is 0 Å². The predicted octanol–water partition coefficient (Wildman–Crippen LogP) is 3.18. The first-order chi connectivity index (χ1) is 5.08. The summed E-state index contributed by atoms with van der Waals surface area (Å²) in [6.07, 6.45) is 0. The van der Waals surface area contributed by atoms with Crippen LogP contribution in [0.15, 0.2) is 0 Å². The van der Waals surface area contributed by atoms with Crippen LogP contribution in [0.2, 0.25) is 0 Å². The molecule has 0 saturated heterocycles. The van der Waals surface area contributed by atoms with Crippen molar-refractivity contribution in [2.75, 3.05) is 19.6 Å². The van der Waals surface area contributed by atoms with Gasteiger partial charge in [-0.2, -0.15) is 0 Å². The smallest absolute Gasteiger partial charge is 0.00530 e. The standard InChI is InChI=1S/C6H15N.C3H7I/c1-4-7(5-2)6-3;1-3(2)4/h4-6H2,1-3H3;3H,1-2H3. The molecule has 0 spiro atoms. The summed E-state index contributed by atoms with van der Waals surface area (Å²) in [7, 11) is 0. The van der Waals surface area contributed by atoms with Crippen LogP contribution in [0.1, 0.15) is 34.6 Å². The highest BCUT2D eigenvalue weighted by Gasteiger charge is 1.89. The van der Waals surface area contributed by atoms with Crippen molar-refractivity contribution in [1.82, 2.24) is 4.90 Å². The van der Waals surface area contributed by atoms with Crippen LogP contribution in [0, 0.1) is 0 Å². The third-order valence-electron chi connectivity index (χ3n) is 1.34. The van der Waals surface area contributed by atoms with Crippen LogP contribution in [0.5, 0.6) is 0 Å². The zero-order valence-corrected chi connectivity index (χ0v) is 10.7. The van der Waals surface area contributed by atoms with E-state index < -0.39 is 0 Å². The molecule has 0 saturated carbocycles. The second-order valence-corrected chi connectivity index (χ2v) is 5.12. The molecule has 0 rings (SSSR count). The van der Waals surface area contributed by atoms with E-state index in [1.807, 2.05) is 0 Å². The van der Waals surface area contributed by atoms with Crippen molar-refractivity contribution in [3.63, 3.8) is 0 Å². The van der Waals surface area contributed by atoms with Gasteiger partial charge in [-0.1, -0.05) is 57.2 Å². The Labute approximate surface area is 85.7 Å². The number of halogens is 1. The van der Waals surface area contributed by atoms with Crippen molar-refractivity contribution in [3.05, 3.63) is 0 Å². The van der Waals surface area contributed by atoms with Gasteiger partial charge in [0.05, 0.1) is 0 Å². The summed E-state index contributed by atoms with van der Waals surface area (Å²) >= 11 is 2.34. The van der Waals surface area contributed by atoms with Gasteiger partial charge in [0.15, 0.2) is 0 Å². The van der Waals surface area contributed by atoms with Gasteiger partial charge in [0.1, 0.15) is 0 Å². The quantitative estimate of drug-likeness (QED) is 0.563. The molecule has 2 heteroatoms. The maximum absolute atomic E-state index is 2.38. The molecule has 0 amide bonds. The Kier molecular flexibility index (Phi) is 13.8. The van der Waals surface area contributed by atoms with Crippen molar-refractivity contribution in [2.24, 2.45) is 0 Å². The molecule has 0 aliphatic rings. The lowest BCUT2D eigenvalue weighted by molar-refractivity contribution is 0.321. The first-order valence-corrected chi connectivity index (χ1v) is 5.69. The predicted molar refractivity (Wildman–Crippen MR) is 62.6 cm³/mol. The third-order valence-corrected chi connectivity index (χ3v) is 1.34. The van der Waals surface area contributed by atoms with E-state index >= 15 is 0 Å². The van der Waals surface area contributed by atoms with Gasteiger partial charge in [-0.15, -0.1) is 0 Å². The molecule has 0 radical (unpaired) electrons. The second kappa shape index (κ2) is 10.7. The highest BCUT2D eigenvalue weighted by atomic mass is 127. The van der Waals surface area contributed by atoms with E-state index in [1.54, 1.807) is 0 Å². The van der Waals surface area contributed by atoms with Crippen LogP contribution in [-0.2, 0) is 0 Å². The molecule has 11 heavy (non-hydrogen) atoms. The maximum Gasteiger partial charge on any atom is 0.00530 e. The molecule has 0 N–H and O–H groups in total. The van der Waals surface area contributed by atoms with Crippen LogP contribution >= 0.6 is 22.6 Å². The van der Waals surface area contributed by atoms with Crippen molar-refractivity contribution < 1.29 is 0 Å². The normalized spacial score (nSPS) is 9.82. The Hall–Kier alpha value is 0.690. The number of hydrogen-bond acceptors (Lipinski definition) is 1. The molecule has 0 fully saturated rings. The zero-order chi connectivity index (χ0) is 9.28. The van der Waals surface area contributed by atoms with Crippen LogP contribution in [0.4, 0.5) is 0 Å². The van der Waals surface area contributed by atoms with Gasteiger partial charge < -0.3 is 4.90 Å². The molecule has 1 nitrogen and oxygen atoms in total. The van der Waals surface area contributed by atoms with E-state index in [0.29, 0.717) is 0 Å². The minimum absolute atomic E-state index is 0.803. The maximum atomic E-state index is 2.38. The lowest BCUT2D eigenvalue weighted by Crippen LogP contribution is -2.21. The monoisotopic (exact) mass is 271 g/mol. The van der Waals surface area contributed by atoms with Gasteiger partial charge >= 0.3 is 0 Å². The number of hydrogen-bond donors (Lipinski definition) is 0. The lowest BCUT2D eigenvalue weighted by atomic mass is 10.5. The topological polar surface area (TPSA) is 3.24 Å². The molecule has 0 atom stereocenters. The fraction of sp³-hybridized carbons (Fsp3) is 1.00. The zero-order valence-electron chi connectivity index (χ0n) is 8.52. The van der Waals surface area contributed by atoms with Gasteiger partial charge in [0, 0.05) is 3.92 Å². The fourth-order valence-electron chi connectivity index (χ4n) is 0.671. The summed E-state index contributed by atoms with van der Waals surface area (Å²) in [5.74, 6) is 0. The molecule has 0 aromatic heterocycles. The summed E-state index contributed by atoms with van der Waals surface area (Å²) in [5.41, 5.74) is 0. The van der Waals surface area contributed by atoms with Gasteiger partial charge in [-0.3, -0.25) is 0 Å². The Balaban J connectivity index is 0. The molecule has 0 aromatic rings. The van der Waals surface area contributed by atoms with Gasteiger partial charge in [-0.05, 0) is 19.6 Å². The van der Waals surface area contributed by atoms with Crippen LogP contribution in [-0.4, -0.2) is 28.5 Å². The molecule has 0 heterocycles. The molecular weight excluding hydrogens is 249 g/mol. The minimum atomic E-state index is 0.803. The third kappa shape index (κ3) is 18.0. The van der Waals surface area contributed by atoms with E-state index in [4.69, 9.17) is 0 Å². The summed E-state index contributed by atoms with van der Waals surface area (Å²) in [6.45, 7) is 14.4. The van der Waals surface area contributed by atoms with Crippen LogP contribution < -0.4 is 0 Å². The van der Waals surface area contributed by atoms with Crippen molar-refractivity contribution in [3.8, 4) is 0 Å². The highest BCUT2D eigenvalue weighted by molar-refractivity contribution is 14.1. The van der Waals surface area contributed by atoms with Crippen molar-refractivity contribution in [2.45, 2.75) is 38.5 Å². The van der Waals surface area contributed by atoms with E-state index in [-0.39, 0.29) is 0 Å². The van der Waals surface area contributed by atoms with E-state index in [1.165, 1.54) is 19.6 Å². The van der Waals surface area contributed by atoms with Crippen molar-refractivity contribution >= 4 is 22.6 Å².